The summed E-state index contributed by atoms with van der Waals surface area (Å²) in [6.45, 7) is 2.10. The van der Waals surface area contributed by atoms with Crippen LogP contribution in [0.15, 0.2) is 36.7 Å². The van der Waals surface area contributed by atoms with Crippen molar-refractivity contribution in [3.63, 3.8) is 0 Å². The van der Waals surface area contributed by atoms with E-state index < -0.39 is 0 Å². The third-order valence-corrected chi connectivity index (χ3v) is 4.30. The minimum absolute atomic E-state index is 0.108. The summed E-state index contributed by atoms with van der Waals surface area (Å²) in [7, 11) is 3.58. The summed E-state index contributed by atoms with van der Waals surface area (Å²) in [5, 5.41) is 3.14. The zero-order valence-corrected chi connectivity index (χ0v) is 13.1. The zero-order valence-electron chi connectivity index (χ0n) is 13.1. The largest absolute Gasteiger partial charge is 0.497 e. The standard InChI is InChI=1S/C17H21N3O2/c1-11-10-14(11)17(21)19-15(16-18-8-9-20(16)2)12-4-6-13(22-3)7-5-12/h4-9,11,14-15H,10H2,1-3H3,(H,19,21). The molecule has 0 aliphatic heterocycles. The van der Waals surface area contributed by atoms with Crippen molar-refractivity contribution in [3.8, 4) is 5.75 Å². The van der Waals surface area contributed by atoms with Gasteiger partial charge in [0.1, 0.15) is 17.6 Å². The number of nitrogens with one attached hydrogen (secondary N) is 1. The monoisotopic (exact) mass is 299 g/mol. The van der Waals surface area contributed by atoms with Crippen molar-refractivity contribution in [1.82, 2.24) is 14.9 Å². The second-order valence-corrected chi connectivity index (χ2v) is 5.93. The number of ether oxygens (including phenoxy) is 1. The molecule has 3 rings (SSSR count). The van der Waals surface area contributed by atoms with Crippen LogP contribution in [0.3, 0.4) is 0 Å². The van der Waals surface area contributed by atoms with Gasteiger partial charge in [0.15, 0.2) is 0 Å². The highest BCUT2D eigenvalue weighted by atomic mass is 16.5. The number of amides is 1. The number of imidazole rings is 1. The molecule has 3 unspecified atom stereocenters. The molecule has 1 aliphatic rings. The summed E-state index contributed by atoms with van der Waals surface area (Å²) < 4.78 is 7.13. The van der Waals surface area contributed by atoms with E-state index in [-0.39, 0.29) is 17.9 Å². The third kappa shape index (κ3) is 2.84. The smallest absolute Gasteiger partial charge is 0.224 e. The second-order valence-electron chi connectivity index (χ2n) is 5.93. The number of hydrogen-bond acceptors (Lipinski definition) is 3. The Labute approximate surface area is 130 Å². The van der Waals surface area contributed by atoms with Crippen LogP contribution in [-0.4, -0.2) is 22.6 Å². The molecule has 1 amide bonds. The quantitative estimate of drug-likeness (QED) is 0.921. The lowest BCUT2D eigenvalue weighted by Crippen LogP contribution is -2.32. The second kappa shape index (κ2) is 5.83. The molecule has 5 nitrogen and oxygen atoms in total. The molecule has 5 heteroatoms. The van der Waals surface area contributed by atoms with Crippen molar-refractivity contribution >= 4 is 5.91 Å². The Balaban J connectivity index is 1.88. The SMILES string of the molecule is COc1ccc(C(NC(=O)C2CC2C)c2nccn2C)cc1. The highest BCUT2D eigenvalue weighted by Crippen LogP contribution is 2.38. The van der Waals surface area contributed by atoms with E-state index in [4.69, 9.17) is 4.74 Å². The Hall–Kier alpha value is -2.30. The van der Waals surface area contributed by atoms with E-state index in [1.54, 1.807) is 13.3 Å². The average Bonchev–Trinajstić information content (AvgIpc) is 3.12. The molecule has 2 aromatic rings. The normalized spacial score (nSPS) is 21.2. The molecule has 1 aliphatic carbocycles. The number of aryl methyl sites for hydroxylation is 1. The van der Waals surface area contributed by atoms with Crippen molar-refractivity contribution in [2.75, 3.05) is 7.11 Å². The van der Waals surface area contributed by atoms with Crippen LogP contribution in [0.2, 0.25) is 0 Å². The summed E-state index contributed by atoms with van der Waals surface area (Å²) in [6.07, 6.45) is 4.61. The Morgan fingerprint density at radius 1 is 1.41 bits per heavy atom. The van der Waals surface area contributed by atoms with Crippen molar-refractivity contribution in [2.45, 2.75) is 19.4 Å². The van der Waals surface area contributed by atoms with Gasteiger partial charge in [-0.3, -0.25) is 4.79 Å². The molecule has 1 aromatic heterocycles. The van der Waals surface area contributed by atoms with E-state index in [1.807, 2.05) is 42.1 Å². The van der Waals surface area contributed by atoms with E-state index in [9.17, 15) is 4.79 Å². The molecule has 3 atom stereocenters. The lowest BCUT2D eigenvalue weighted by molar-refractivity contribution is -0.123. The molecular formula is C17H21N3O2. The fraction of sp³-hybridized carbons (Fsp3) is 0.412. The maximum Gasteiger partial charge on any atom is 0.224 e. The minimum Gasteiger partial charge on any atom is -0.497 e. The van der Waals surface area contributed by atoms with Gasteiger partial charge in [-0.25, -0.2) is 4.98 Å². The third-order valence-electron chi connectivity index (χ3n) is 4.30. The van der Waals surface area contributed by atoms with Gasteiger partial charge in [0.05, 0.1) is 7.11 Å². The molecule has 116 valence electrons. The van der Waals surface area contributed by atoms with Gasteiger partial charge < -0.3 is 14.6 Å². The van der Waals surface area contributed by atoms with Gasteiger partial charge in [-0.2, -0.15) is 0 Å². The summed E-state index contributed by atoms with van der Waals surface area (Å²) in [6, 6.07) is 7.49. The van der Waals surface area contributed by atoms with Crippen molar-refractivity contribution < 1.29 is 9.53 Å². The number of nitrogens with zero attached hydrogens (tertiary/aromatic N) is 2. The molecule has 0 spiro atoms. The van der Waals surface area contributed by atoms with Gasteiger partial charge in [-0.05, 0) is 30.0 Å². The van der Waals surface area contributed by atoms with E-state index in [0.717, 1.165) is 23.6 Å². The van der Waals surface area contributed by atoms with Gasteiger partial charge >= 0.3 is 0 Å². The van der Waals surface area contributed by atoms with Crippen LogP contribution in [0.4, 0.5) is 0 Å². The number of hydrogen-bond donors (Lipinski definition) is 1. The molecule has 0 saturated heterocycles. The Kier molecular flexibility index (Phi) is 3.88. The Bertz CT molecular complexity index is 663. The number of rotatable bonds is 5. The van der Waals surface area contributed by atoms with Gasteiger partial charge in [0.25, 0.3) is 0 Å². The molecule has 1 N–H and O–H groups in total. The number of benzene rings is 1. The van der Waals surface area contributed by atoms with Crippen LogP contribution in [0, 0.1) is 11.8 Å². The lowest BCUT2D eigenvalue weighted by Gasteiger charge is -2.19. The van der Waals surface area contributed by atoms with Crippen LogP contribution in [0.25, 0.3) is 0 Å². The van der Waals surface area contributed by atoms with E-state index in [0.29, 0.717) is 5.92 Å². The van der Waals surface area contributed by atoms with Crippen molar-refractivity contribution in [2.24, 2.45) is 18.9 Å². The molecule has 0 radical (unpaired) electrons. The summed E-state index contributed by atoms with van der Waals surface area (Å²) in [5.74, 6) is 2.35. The fourth-order valence-electron chi connectivity index (χ4n) is 2.69. The van der Waals surface area contributed by atoms with E-state index >= 15 is 0 Å². The summed E-state index contributed by atoms with van der Waals surface area (Å²) in [5.41, 5.74) is 0.997. The molecular weight excluding hydrogens is 278 g/mol. The first-order valence-electron chi connectivity index (χ1n) is 7.51. The van der Waals surface area contributed by atoms with Crippen LogP contribution in [0.1, 0.15) is 30.8 Å². The van der Waals surface area contributed by atoms with Gasteiger partial charge in [0.2, 0.25) is 5.91 Å². The predicted molar refractivity (Wildman–Crippen MR) is 83.5 cm³/mol. The van der Waals surface area contributed by atoms with Gasteiger partial charge in [0, 0.05) is 25.4 Å². The highest BCUT2D eigenvalue weighted by Gasteiger charge is 2.40. The van der Waals surface area contributed by atoms with Crippen LogP contribution in [-0.2, 0) is 11.8 Å². The van der Waals surface area contributed by atoms with Crippen molar-refractivity contribution in [3.05, 3.63) is 48.0 Å². The van der Waals surface area contributed by atoms with E-state index in [2.05, 4.69) is 17.2 Å². The summed E-state index contributed by atoms with van der Waals surface area (Å²) >= 11 is 0. The van der Waals surface area contributed by atoms with E-state index in [1.165, 1.54) is 0 Å². The average molecular weight is 299 g/mol. The molecule has 1 aromatic carbocycles. The minimum atomic E-state index is -0.244. The number of methoxy groups -OCH3 is 1. The Morgan fingerprint density at radius 3 is 2.59 bits per heavy atom. The van der Waals surface area contributed by atoms with Crippen molar-refractivity contribution in [1.29, 1.82) is 0 Å². The van der Waals surface area contributed by atoms with Crippen LogP contribution < -0.4 is 10.1 Å². The van der Waals surface area contributed by atoms with Crippen LogP contribution in [0.5, 0.6) is 5.75 Å². The fourth-order valence-corrected chi connectivity index (χ4v) is 2.69. The molecule has 1 fully saturated rings. The first-order chi connectivity index (χ1) is 10.6. The number of carbonyl (C=O) groups is 1. The topological polar surface area (TPSA) is 56.1 Å². The summed E-state index contributed by atoms with van der Waals surface area (Å²) in [4.78, 5) is 16.8. The maximum atomic E-state index is 12.4. The molecule has 0 bridgehead atoms. The van der Waals surface area contributed by atoms with Gasteiger partial charge in [-0.15, -0.1) is 0 Å². The first kappa shape index (κ1) is 14.6. The predicted octanol–water partition coefficient (Wildman–Crippen LogP) is 2.29. The first-order valence-corrected chi connectivity index (χ1v) is 7.51. The lowest BCUT2D eigenvalue weighted by atomic mass is 10.1. The Morgan fingerprint density at radius 2 is 2.09 bits per heavy atom. The highest BCUT2D eigenvalue weighted by molar-refractivity contribution is 5.82. The zero-order chi connectivity index (χ0) is 15.7. The van der Waals surface area contributed by atoms with Gasteiger partial charge in [-0.1, -0.05) is 19.1 Å². The number of carbonyl (C=O) groups excluding carboxylic acids is 1. The molecule has 1 saturated carbocycles. The van der Waals surface area contributed by atoms with Crippen LogP contribution >= 0.6 is 0 Å². The molecule has 22 heavy (non-hydrogen) atoms. The maximum absolute atomic E-state index is 12.4. The molecule has 1 heterocycles. The number of aromatic nitrogens is 2.